The predicted octanol–water partition coefficient (Wildman–Crippen LogP) is 2.92. The Morgan fingerprint density at radius 3 is 2.69 bits per heavy atom. The quantitative estimate of drug-likeness (QED) is 0.854. The van der Waals surface area contributed by atoms with Crippen molar-refractivity contribution in [2.24, 2.45) is 0 Å². The van der Waals surface area contributed by atoms with Crippen LogP contribution in [0, 0.1) is 17.5 Å². The fourth-order valence-corrected chi connectivity index (χ4v) is 3.46. The lowest BCUT2D eigenvalue weighted by atomic mass is 10.0. The number of carbonyl (C=O) groups is 1. The monoisotopic (exact) mass is 362 g/mol. The Hall–Kier alpha value is -2.38. The number of carbonyl (C=O) groups excluding carboxylic acids is 1. The first kappa shape index (κ1) is 17.1. The van der Waals surface area contributed by atoms with Crippen LogP contribution in [0.1, 0.15) is 33.2 Å². The van der Waals surface area contributed by atoms with E-state index in [4.69, 9.17) is 4.74 Å². The van der Waals surface area contributed by atoms with E-state index in [1.807, 2.05) is 17.0 Å². The molecule has 7 heteroatoms. The molecule has 1 N–H and O–H groups in total. The summed E-state index contributed by atoms with van der Waals surface area (Å²) in [7, 11) is 0. The molecule has 136 valence electrons. The molecule has 4 rings (SSSR count). The Kier molecular flexibility index (Phi) is 4.42. The lowest BCUT2D eigenvalue weighted by molar-refractivity contribution is -0.0330. The van der Waals surface area contributed by atoms with Crippen LogP contribution in [0.15, 0.2) is 30.3 Å². The minimum atomic E-state index is -1.45. The van der Waals surface area contributed by atoms with Gasteiger partial charge in [-0.25, -0.2) is 13.2 Å². The van der Waals surface area contributed by atoms with Gasteiger partial charge in [-0.1, -0.05) is 12.1 Å². The van der Waals surface area contributed by atoms with Crippen molar-refractivity contribution in [1.29, 1.82) is 0 Å². The maximum Gasteiger partial charge on any atom is 0.251 e. The van der Waals surface area contributed by atoms with E-state index in [-0.39, 0.29) is 12.0 Å². The molecule has 0 aromatic heterocycles. The molecule has 0 radical (unpaired) electrons. The zero-order valence-electron chi connectivity index (χ0n) is 13.9. The molecule has 2 aliphatic rings. The molecule has 0 aliphatic carbocycles. The van der Waals surface area contributed by atoms with Gasteiger partial charge in [0.15, 0.2) is 17.5 Å². The summed E-state index contributed by atoms with van der Waals surface area (Å²) in [4.78, 5) is 13.7. The minimum absolute atomic E-state index is 0.0712. The Labute approximate surface area is 148 Å². The molecule has 1 amide bonds. The average molecular weight is 362 g/mol. The molecule has 0 unspecified atom stereocenters. The van der Waals surface area contributed by atoms with E-state index in [9.17, 15) is 18.0 Å². The van der Waals surface area contributed by atoms with Gasteiger partial charge in [-0.15, -0.1) is 0 Å². The fourth-order valence-electron chi connectivity index (χ4n) is 3.46. The number of morpholine rings is 1. The summed E-state index contributed by atoms with van der Waals surface area (Å²) < 4.78 is 45.7. The molecule has 0 saturated carbocycles. The van der Waals surface area contributed by atoms with Crippen LogP contribution < -0.4 is 5.32 Å². The van der Waals surface area contributed by atoms with Gasteiger partial charge in [0.1, 0.15) is 0 Å². The van der Waals surface area contributed by atoms with Crippen molar-refractivity contribution in [2.75, 3.05) is 19.7 Å². The van der Waals surface area contributed by atoms with Gasteiger partial charge < -0.3 is 10.1 Å². The summed E-state index contributed by atoms with van der Waals surface area (Å²) in [6.07, 6.45) is -0.195. The molecule has 1 fully saturated rings. The second-order valence-electron chi connectivity index (χ2n) is 6.57. The molecule has 2 aromatic carbocycles. The van der Waals surface area contributed by atoms with E-state index in [1.54, 1.807) is 6.07 Å². The summed E-state index contributed by atoms with van der Waals surface area (Å²) in [6, 6.07) is 7.67. The maximum absolute atomic E-state index is 13.4. The normalized spacial score (nSPS) is 20.1. The van der Waals surface area contributed by atoms with Gasteiger partial charge in [0.2, 0.25) is 0 Å². The van der Waals surface area contributed by atoms with Crippen LogP contribution in [0.25, 0.3) is 0 Å². The van der Waals surface area contributed by atoms with Crippen molar-refractivity contribution < 1.29 is 22.7 Å². The molecule has 1 saturated heterocycles. The van der Waals surface area contributed by atoms with E-state index in [0.717, 1.165) is 23.3 Å². The number of benzene rings is 2. The molecular formula is C19H17F3N2O2. The molecule has 2 aromatic rings. The first-order chi connectivity index (χ1) is 12.5. The number of nitrogens with one attached hydrogen (secondary N) is 1. The number of halogens is 3. The lowest BCUT2D eigenvalue weighted by Crippen LogP contribution is -2.37. The molecule has 2 heterocycles. The number of ether oxygens (including phenoxy) is 1. The van der Waals surface area contributed by atoms with Gasteiger partial charge in [-0.3, -0.25) is 9.69 Å². The lowest BCUT2D eigenvalue weighted by Gasteiger charge is -2.33. The predicted molar refractivity (Wildman–Crippen MR) is 87.9 cm³/mol. The van der Waals surface area contributed by atoms with E-state index < -0.39 is 17.5 Å². The number of nitrogens with zero attached hydrogens (tertiary/aromatic N) is 1. The van der Waals surface area contributed by atoms with Crippen LogP contribution in [0.4, 0.5) is 13.2 Å². The highest BCUT2D eigenvalue weighted by atomic mass is 19.2. The van der Waals surface area contributed by atoms with Crippen molar-refractivity contribution in [3.63, 3.8) is 0 Å². The maximum atomic E-state index is 13.4. The third-order valence-electron chi connectivity index (χ3n) is 4.79. The fraction of sp³-hybridized carbons (Fsp3) is 0.316. The van der Waals surface area contributed by atoms with Gasteiger partial charge in [-0.05, 0) is 34.9 Å². The number of rotatable bonds is 3. The molecule has 26 heavy (non-hydrogen) atoms. The molecule has 4 nitrogen and oxygen atoms in total. The van der Waals surface area contributed by atoms with Crippen LogP contribution in [-0.2, 0) is 17.8 Å². The minimum Gasteiger partial charge on any atom is -0.371 e. The Balaban J connectivity index is 1.49. The smallest absolute Gasteiger partial charge is 0.251 e. The van der Waals surface area contributed by atoms with Gasteiger partial charge >= 0.3 is 0 Å². The van der Waals surface area contributed by atoms with Crippen LogP contribution in [-0.4, -0.2) is 30.5 Å². The molecule has 0 bridgehead atoms. The Morgan fingerprint density at radius 1 is 1.15 bits per heavy atom. The van der Waals surface area contributed by atoms with Crippen LogP contribution in [0.5, 0.6) is 0 Å². The van der Waals surface area contributed by atoms with Crippen molar-refractivity contribution >= 4 is 5.91 Å². The van der Waals surface area contributed by atoms with Gasteiger partial charge in [0.05, 0.1) is 12.7 Å². The SMILES string of the molecule is O=C1NCc2cc([C@H]3CN(Cc4cc(F)c(F)c(F)c4)CCO3)ccc21. The van der Waals surface area contributed by atoms with Gasteiger partial charge in [-0.2, -0.15) is 0 Å². The van der Waals surface area contributed by atoms with Crippen molar-refractivity contribution in [3.05, 3.63) is 70.0 Å². The van der Waals surface area contributed by atoms with Gasteiger partial charge in [0.25, 0.3) is 5.91 Å². The number of amides is 1. The summed E-state index contributed by atoms with van der Waals surface area (Å²) >= 11 is 0. The van der Waals surface area contributed by atoms with E-state index >= 15 is 0 Å². The molecular weight excluding hydrogens is 345 g/mol. The topological polar surface area (TPSA) is 41.6 Å². The number of hydrogen-bond acceptors (Lipinski definition) is 3. The first-order valence-electron chi connectivity index (χ1n) is 8.39. The second kappa shape index (κ2) is 6.74. The second-order valence-corrected chi connectivity index (χ2v) is 6.57. The Morgan fingerprint density at radius 2 is 1.92 bits per heavy atom. The number of fused-ring (bicyclic) bond motifs is 1. The molecule has 0 spiro atoms. The third kappa shape index (κ3) is 3.20. The summed E-state index contributed by atoms with van der Waals surface area (Å²) in [5, 5.41) is 2.78. The largest absolute Gasteiger partial charge is 0.371 e. The average Bonchev–Trinajstić information content (AvgIpc) is 3.00. The van der Waals surface area contributed by atoms with Crippen LogP contribution in [0.3, 0.4) is 0 Å². The summed E-state index contributed by atoms with van der Waals surface area (Å²) in [5.74, 6) is -3.88. The van der Waals surface area contributed by atoms with E-state index in [1.165, 1.54) is 0 Å². The zero-order valence-corrected chi connectivity index (χ0v) is 13.9. The van der Waals surface area contributed by atoms with Crippen LogP contribution >= 0.6 is 0 Å². The van der Waals surface area contributed by atoms with E-state index in [0.29, 0.717) is 43.9 Å². The zero-order chi connectivity index (χ0) is 18.3. The third-order valence-corrected chi connectivity index (χ3v) is 4.79. The summed E-state index contributed by atoms with van der Waals surface area (Å²) in [5.41, 5.74) is 2.96. The summed E-state index contributed by atoms with van der Waals surface area (Å²) in [6.45, 7) is 2.44. The highest BCUT2D eigenvalue weighted by Gasteiger charge is 2.25. The van der Waals surface area contributed by atoms with Crippen molar-refractivity contribution in [2.45, 2.75) is 19.2 Å². The van der Waals surface area contributed by atoms with Crippen LogP contribution in [0.2, 0.25) is 0 Å². The molecule has 2 aliphatic heterocycles. The molecule has 1 atom stereocenters. The van der Waals surface area contributed by atoms with Gasteiger partial charge in [0, 0.05) is 31.7 Å². The van der Waals surface area contributed by atoms with Crippen molar-refractivity contribution in [3.8, 4) is 0 Å². The highest BCUT2D eigenvalue weighted by molar-refractivity contribution is 5.98. The number of hydrogen-bond donors (Lipinski definition) is 1. The Bertz CT molecular complexity index is 849. The van der Waals surface area contributed by atoms with Crippen molar-refractivity contribution in [1.82, 2.24) is 10.2 Å². The standard InChI is InChI=1S/C19H17F3N2O2/c20-15-5-11(6-16(21)18(15)22)9-24-3-4-26-17(10-24)12-1-2-14-13(7-12)8-23-19(14)25/h1-2,5-7,17H,3-4,8-10H2,(H,23,25)/t17-/m1/s1. The van der Waals surface area contributed by atoms with E-state index in [2.05, 4.69) is 5.32 Å². The highest BCUT2D eigenvalue weighted by Crippen LogP contribution is 2.27. The first-order valence-corrected chi connectivity index (χ1v) is 8.39.